The van der Waals surface area contributed by atoms with Crippen molar-refractivity contribution in [1.82, 2.24) is 9.29 Å². The molecular formula is C21H27N3O4S2. The highest BCUT2D eigenvalue weighted by atomic mass is 32.2. The number of pyridine rings is 1. The molecule has 2 heterocycles. The number of ether oxygens (including phenoxy) is 1. The van der Waals surface area contributed by atoms with Crippen LogP contribution >= 0.6 is 11.8 Å². The van der Waals surface area contributed by atoms with Gasteiger partial charge in [0.05, 0.1) is 23.1 Å². The molecule has 30 heavy (non-hydrogen) atoms. The average molecular weight is 450 g/mol. The second-order valence-corrected chi connectivity index (χ2v) is 9.91. The number of sulfonamides is 1. The number of hydrogen-bond donors (Lipinski definition) is 1. The van der Waals surface area contributed by atoms with Crippen molar-refractivity contribution in [2.45, 2.75) is 42.5 Å². The van der Waals surface area contributed by atoms with Crippen molar-refractivity contribution < 1.29 is 17.9 Å². The summed E-state index contributed by atoms with van der Waals surface area (Å²) in [6, 6.07) is 10.5. The molecule has 1 amide bonds. The Hall–Kier alpha value is -2.10. The third-order valence-electron chi connectivity index (χ3n) is 4.64. The van der Waals surface area contributed by atoms with E-state index in [1.54, 1.807) is 18.2 Å². The van der Waals surface area contributed by atoms with E-state index in [1.165, 1.54) is 22.3 Å². The highest BCUT2D eigenvalue weighted by Gasteiger charge is 2.26. The van der Waals surface area contributed by atoms with Gasteiger partial charge in [-0.3, -0.25) is 4.79 Å². The Labute approximate surface area is 182 Å². The quantitative estimate of drug-likeness (QED) is 0.586. The number of hydrogen-bond acceptors (Lipinski definition) is 6. The molecule has 2 aromatic rings. The Kier molecular flexibility index (Phi) is 8.12. The Morgan fingerprint density at radius 3 is 2.63 bits per heavy atom. The third-order valence-corrected chi connectivity index (χ3v) is 7.46. The lowest BCUT2D eigenvalue weighted by molar-refractivity contribution is -0.113. The minimum atomic E-state index is -3.49. The van der Waals surface area contributed by atoms with Crippen molar-refractivity contribution in [1.29, 1.82) is 0 Å². The van der Waals surface area contributed by atoms with Crippen molar-refractivity contribution >= 4 is 33.4 Å². The summed E-state index contributed by atoms with van der Waals surface area (Å²) in [4.78, 5) is 16.8. The SMILES string of the molecule is CCCOc1ccccc1NC(=O)CSc1ccc(S(=O)(=O)N2CCCCC2)cn1. The van der Waals surface area contributed by atoms with Crippen molar-refractivity contribution in [2.24, 2.45) is 0 Å². The normalized spacial score (nSPS) is 15.0. The molecule has 0 atom stereocenters. The second kappa shape index (κ2) is 10.8. The topological polar surface area (TPSA) is 88.6 Å². The summed E-state index contributed by atoms with van der Waals surface area (Å²) in [6.07, 6.45) is 5.10. The number of carbonyl (C=O) groups is 1. The molecule has 1 fully saturated rings. The first kappa shape index (κ1) is 22.6. The Morgan fingerprint density at radius 1 is 1.17 bits per heavy atom. The van der Waals surface area contributed by atoms with Crippen LogP contribution in [0.4, 0.5) is 5.69 Å². The van der Waals surface area contributed by atoms with Crippen LogP contribution in [0.5, 0.6) is 5.75 Å². The molecule has 0 aliphatic carbocycles. The molecule has 0 spiro atoms. The number of aromatic nitrogens is 1. The van der Waals surface area contributed by atoms with Crippen LogP contribution in [0.25, 0.3) is 0 Å². The Balaban J connectivity index is 1.56. The van der Waals surface area contributed by atoms with Crippen molar-refractivity contribution in [3.63, 3.8) is 0 Å². The number of anilines is 1. The first-order valence-corrected chi connectivity index (χ1v) is 12.5. The van der Waals surface area contributed by atoms with Gasteiger partial charge in [0.25, 0.3) is 0 Å². The zero-order valence-electron chi connectivity index (χ0n) is 17.0. The van der Waals surface area contributed by atoms with Gasteiger partial charge < -0.3 is 10.1 Å². The zero-order valence-corrected chi connectivity index (χ0v) is 18.7. The summed E-state index contributed by atoms with van der Waals surface area (Å²) in [5, 5.41) is 3.45. The van der Waals surface area contributed by atoms with Gasteiger partial charge in [-0.2, -0.15) is 4.31 Å². The maximum Gasteiger partial charge on any atom is 0.244 e. The summed E-state index contributed by atoms with van der Waals surface area (Å²) < 4.78 is 32.5. The summed E-state index contributed by atoms with van der Waals surface area (Å²) in [7, 11) is -3.49. The maximum absolute atomic E-state index is 12.7. The number of piperidine rings is 1. The number of nitrogens with one attached hydrogen (secondary N) is 1. The fourth-order valence-electron chi connectivity index (χ4n) is 3.09. The molecule has 1 aliphatic rings. The van der Waals surface area contributed by atoms with Gasteiger partial charge in [0.1, 0.15) is 10.6 Å². The molecule has 9 heteroatoms. The lowest BCUT2D eigenvalue weighted by Crippen LogP contribution is -2.35. The molecule has 0 radical (unpaired) electrons. The van der Waals surface area contributed by atoms with E-state index in [1.807, 2.05) is 25.1 Å². The molecule has 7 nitrogen and oxygen atoms in total. The Bertz CT molecular complexity index is 943. The minimum Gasteiger partial charge on any atom is -0.491 e. The van der Waals surface area contributed by atoms with E-state index in [-0.39, 0.29) is 16.6 Å². The monoisotopic (exact) mass is 449 g/mol. The summed E-state index contributed by atoms with van der Waals surface area (Å²) >= 11 is 1.25. The predicted molar refractivity (Wildman–Crippen MR) is 118 cm³/mol. The standard InChI is InChI=1S/C21H27N3O4S2/c1-2-14-28-19-9-5-4-8-18(19)23-20(25)16-29-21-11-10-17(15-22-21)30(26,27)24-12-6-3-7-13-24/h4-5,8-11,15H,2-3,6-7,12-14,16H2,1H3,(H,23,25). The van der Waals surface area contributed by atoms with Gasteiger partial charge in [0, 0.05) is 19.3 Å². The van der Waals surface area contributed by atoms with E-state index in [0.717, 1.165) is 25.7 Å². The molecular weight excluding hydrogens is 422 g/mol. The molecule has 0 unspecified atom stereocenters. The van der Waals surface area contributed by atoms with E-state index in [4.69, 9.17) is 4.74 Å². The molecule has 0 saturated carbocycles. The fraction of sp³-hybridized carbons (Fsp3) is 0.429. The maximum atomic E-state index is 12.7. The molecule has 1 aliphatic heterocycles. The van der Waals surface area contributed by atoms with E-state index in [9.17, 15) is 13.2 Å². The number of thioether (sulfide) groups is 1. The number of amides is 1. The van der Waals surface area contributed by atoms with E-state index in [0.29, 0.717) is 36.2 Å². The lowest BCUT2D eigenvalue weighted by atomic mass is 10.2. The summed E-state index contributed by atoms with van der Waals surface area (Å²) in [5.41, 5.74) is 0.632. The molecule has 1 aromatic heterocycles. The first-order chi connectivity index (χ1) is 14.5. The van der Waals surface area contributed by atoms with E-state index in [2.05, 4.69) is 10.3 Å². The smallest absolute Gasteiger partial charge is 0.244 e. The highest BCUT2D eigenvalue weighted by Crippen LogP contribution is 2.25. The molecule has 1 N–H and O–H groups in total. The van der Waals surface area contributed by atoms with Gasteiger partial charge in [-0.15, -0.1) is 0 Å². The number of nitrogens with zero attached hydrogens (tertiary/aromatic N) is 2. The number of benzene rings is 1. The number of carbonyl (C=O) groups excluding carboxylic acids is 1. The molecule has 162 valence electrons. The number of para-hydroxylation sites is 2. The van der Waals surface area contributed by atoms with Crippen LogP contribution in [0.3, 0.4) is 0 Å². The molecule has 0 bridgehead atoms. The largest absolute Gasteiger partial charge is 0.491 e. The van der Waals surface area contributed by atoms with Crippen molar-refractivity contribution in [2.75, 3.05) is 30.8 Å². The molecule has 3 rings (SSSR count). The average Bonchev–Trinajstić information content (AvgIpc) is 2.78. The number of rotatable bonds is 9. The predicted octanol–water partition coefficient (Wildman–Crippen LogP) is 3.78. The van der Waals surface area contributed by atoms with Gasteiger partial charge in [-0.05, 0) is 43.5 Å². The minimum absolute atomic E-state index is 0.160. The van der Waals surface area contributed by atoms with E-state index < -0.39 is 10.0 Å². The highest BCUT2D eigenvalue weighted by molar-refractivity contribution is 7.99. The van der Waals surface area contributed by atoms with Gasteiger partial charge in [0.2, 0.25) is 15.9 Å². The molecule has 1 saturated heterocycles. The second-order valence-electron chi connectivity index (χ2n) is 6.98. The van der Waals surface area contributed by atoms with Crippen LogP contribution in [0.15, 0.2) is 52.5 Å². The zero-order chi connectivity index (χ0) is 21.4. The van der Waals surface area contributed by atoms with Crippen LogP contribution in [-0.4, -0.2) is 49.1 Å². The summed E-state index contributed by atoms with van der Waals surface area (Å²) in [5.74, 6) is 0.621. The third kappa shape index (κ3) is 5.96. The van der Waals surface area contributed by atoms with E-state index >= 15 is 0 Å². The van der Waals surface area contributed by atoms with Crippen LogP contribution in [-0.2, 0) is 14.8 Å². The van der Waals surface area contributed by atoms with Crippen LogP contribution in [0, 0.1) is 0 Å². The molecule has 1 aromatic carbocycles. The Morgan fingerprint density at radius 2 is 1.93 bits per heavy atom. The van der Waals surface area contributed by atoms with Gasteiger partial charge in [-0.25, -0.2) is 13.4 Å². The van der Waals surface area contributed by atoms with Crippen LogP contribution < -0.4 is 10.1 Å². The van der Waals surface area contributed by atoms with Gasteiger partial charge >= 0.3 is 0 Å². The fourth-order valence-corrected chi connectivity index (χ4v) is 5.20. The van der Waals surface area contributed by atoms with Crippen LogP contribution in [0.2, 0.25) is 0 Å². The van der Waals surface area contributed by atoms with Crippen molar-refractivity contribution in [3.05, 3.63) is 42.6 Å². The van der Waals surface area contributed by atoms with Gasteiger partial charge in [0.15, 0.2) is 0 Å². The first-order valence-electron chi connectivity index (χ1n) is 10.1. The van der Waals surface area contributed by atoms with Crippen LogP contribution in [0.1, 0.15) is 32.6 Å². The lowest BCUT2D eigenvalue weighted by Gasteiger charge is -2.25. The summed E-state index contributed by atoms with van der Waals surface area (Å²) in [6.45, 7) is 3.72. The van der Waals surface area contributed by atoms with Crippen molar-refractivity contribution in [3.8, 4) is 5.75 Å². The van der Waals surface area contributed by atoms with Gasteiger partial charge in [-0.1, -0.05) is 37.2 Å².